The number of carboxylic acid groups (broad SMARTS) is 1. The Morgan fingerprint density at radius 3 is 2.90 bits per heavy atom. The van der Waals surface area contributed by atoms with Crippen molar-refractivity contribution in [2.24, 2.45) is 0 Å². The number of carbonyl (C=O) groups is 2. The van der Waals surface area contributed by atoms with Crippen molar-refractivity contribution in [3.8, 4) is 0 Å². The first kappa shape index (κ1) is 15.4. The summed E-state index contributed by atoms with van der Waals surface area (Å²) < 4.78 is 0. The molecule has 1 aliphatic rings. The lowest BCUT2D eigenvalue weighted by atomic mass is 10.0. The van der Waals surface area contributed by atoms with E-state index in [1.165, 1.54) is 5.56 Å². The lowest BCUT2D eigenvalue weighted by molar-refractivity contribution is -0.137. The first-order valence-electron chi connectivity index (χ1n) is 7.53. The van der Waals surface area contributed by atoms with Gasteiger partial charge >= 0.3 is 5.97 Å². The van der Waals surface area contributed by atoms with Gasteiger partial charge in [0.15, 0.2) is 0 Å². The molecule has 0 spiro atoms. The summed E-state index contributed by atoms with van der Waals surface area (Å²) in [5.74, 6) is -0.816. The maximum absolute atomic E-state index is 12.0. The molecular weight excluding hydrogens is 268 g/mol. The number of unbranched alkanes of at least 4 members (excludes halogenated alkanes) is 2. The van der Waals surface area contributed by atoms with Gasteiger partial charge < -0.3 is 15.7 Å². The van der Waals surface area contributed by atoms with E-state index in [0.29, 0.717) is 18.5 Å². The Bertz CT molecular complexity index is 514. The van der Waals surface area contributed by atoms with Gasteiger partial charge in [0.1, 0.15) is 0 Å². The minimum atomic E-state index is -0.762. The zero-order valence-corrected chi connectivity index (χ0v) is 12.2. The third-order valence-electron chi connectivity index (χ3n) is 3.66. The molecule has 0 aliphatic carbocycles. The molecule has 3 N–H and O–H groups in total. The number of nitrogens with one attached hydrogen (secondary N) is 2. The van der Waals surface area contributed by atoms with Crippen LogP contribution in [0.4, 0.5) is 5.69 Å². The Kier molecular flexibility index (Phi) is 5.60. The van der Waals surface area contributed by atoms with Gasteiger partial charge in [0.25, 0.3) is 5.91 Å². The molecule has 5 nitrogen and oxygen atoms in total. The van der Waals surface area contributed by atoms with Crippen molar-refractivity contribution in [2.75, 3.05) is 18.4 Å². The minimum absolute atomic E-state index is 0.0541. The van der Waals surface area contributed by atoms with Crippen LogP contribution >= 0.6 is 0 Å². The number of benzene rings is 1. The molecule has 1 aromatic rings. The highest BCUT2D eigenvalue weighted by Gasteiger charge is 2.12. The van der Waals surface area contributed by atoms with Crippen LogP contribution in [0.1, 0.15) is 48.0 Å². The number of rotatable bonds is 7. The molecule has 0 atom stereocenters. The van der Waals surface area contributed by atoms with Crippen molar-refractivity contribution in [1.82, 2.24) is 5.32 Å². The second kappa shape index (κ2) is 7.67. The average Bonchev–Trinajstić information content (AvgIpc) is 2.49. The van der Waals surface area contributed by atoms with Gasteiger partial charge in [-0.2, -0.15) is 0 Å². The largest absolute Gasteiger partial charge is 0.481 e. The standard InChI is InChI=1S/C16H22N2O3/c19-15(20)6-2-1-3-9-18-16(21)13-7-8-14-12(11-13)5-4-10-17-14/h7-8,11,17H,1-6,9-10H2,(H,18,21)(H,19,20). The number of aryl methyl sites for hydroxylation is 1. The molecule has 0 unspecified atom stereocenters. The van der Waals surface area contributed by atoms with Crippen LogP contribution in [0.3, 0.4) is 0 Å². The van der Waals surface area contributed by atoms with Crippen LogP contribution in [0, 0.1) is 0 Å². The molecule has 5 heteroatoms. The summed E-state index contributed by atoms with van der Waals surface area (Å²) in [5.41, 5.74) is 3.03. The number of fused-ring (bicyclic) bond motifs is 1. The summed E-state index contributed by atoms with van der Waals surface area (Å²) in [7, 11) is 0. The van der Waals surface area contributed by atoms with E-state index < -0.39 is 5.97 Å². The van der Waals surface area contributed by atoms with Gasteiger partial charge in [0.2, 0.25) is 0 Å². The van der Waals surface area contributed by atoms with E-state index in [0.717, 1.165) is 37.9 Å². The minimum Gasteiger partial charge on any atom is -0.481 e. The molecule has 1 aliphatic heterocycles. The third kappa shape index (κ3) is 4.77. The monoisotopic (exact) mass is 290 g/mol. The molecule has 0 bridgehead atoms. The lowest BCUT2D eigenvalue weighted by Gasteiger charge is -2.18. The van der Waals surface area contributed by atoms with E-state index >= 15 is 0 Å². The van der Waals surface area contributed by atoms with Crippen molar-refractivity contribution in [1.29, 1.82) is 0 Å². The van der Waals surface area contributed by atoms with Gasteiger partial charge in [-0.25, -0.2) is 0 Å². The predicted octanol–water partition coefficient (Wildman–Crippen LogP) is 2.42. The normalized spacial score (nSPS) is 13.1. The molecule has 0 fully saturated rings. The first-order valence-corrected chi connectivity index (χ1v) is 7.53. The Hall–Kier alpha value is -2.04. The Balaban J connectivity index is 1.74. The highest BCUT2D eigenvalue weighted by atomic mass is 16.4. The Morgan fingerprint density at radius 1 is 1.24 bits per heavy atom. The number of hydrogen-bond acceptors (Lipinski definition) is 3. The van der Waals surface area contributed by atoms with Crippen LogP contribution in [0.15, 0.2) is 18.2 Å². The molecule has 1 amide bonds. The molecule has 0 radical (unpaired) electrons. The molecule has 0 aromatic heterocycles. The Labute approximate surface area is 124 Å². The second-order valence-corrected chi connectivity index (χ2v) is 5.36. The molecule has 1 aromatic carbocycles. The summed E-state index contributed by atoms with van der Waals surface area (Å²) in [4.78, 5) is 22.4. The third-order valence-corrected chi connectivity index (χ3v) is 3.66. The van der Waals surface area contributed by atoms with Crippen LogP contribution in [-0.4, -0.2) is 30.1 Å². The number of anilines is 1. The van der Waals surface area contributed by atoms with Crippen molar-refractivity contribution >= 4 is 17.6 Å². The van der Waals surface area contributed by atoms with Crippen molar-refractivity contribution in [2.45, 2.75) is 38.5 Å². The van der Waals surface area contributed by atoms with Crippen LogP contribution < -0.4 is 10.6 Å². The lowest BCUT2D eigenvalue weighted by Crippen LogP contribution is -2.25. The fraction of sp³-hybridized carbons (Fsp3) is 0.500. The van der Waals surface area contributed by atoms with Gasteiger partial charge in [0, 0.05) is 30.8 Å². The summed E-state index contributed by atoms with van der Waals surface area (Å²) >= 11 is 0. The van der Waals surface area contributed by atoms with Gasteiger partial charge in [-0.3, -0.25) is 9.59 Å². The van der Waals surface area contributed by atoms with Crippen molar-refractivity contribution in [3.63, 3.8) is 0 Å². The molecule has 0 saturated carbocycles. The second-order valence-electron chi connectivity index (χ2n) is 5.36. The van der Waals surface area contributed by atoms with E-state index in [-0.39, 0.29) is 12.3 Å². The molecule has 2 rings (SSSR count). The van der Waals surface area contributed by atoms with Crippen LogP contribution in [0.2, 0.25) is 0 Å². The maximum Gasteiger partial charge on any atom is 0.303 e. The summed E-state index contributed by atoms with van der Waals surface area (Å²) in [6, 6.07) is 5.77. The van der Waals surface area contributed by atoms with E-state index in [9.17, 15) is 9.59 Å². The van der Waals surface area contributed by atoms with Crippen LogP contribution in [0.25, 0.3) is 0 Å². The first-order chi connectivity index (χ1) is 10.2. The molecule has 21 heavy (non-hydrogen) atoms. The van der Waals surface area contributed by atoms with Crippen molar-refractivity contribution < 1.29 is 14.7 Å². The summed E-state index contributed by atoms with van der Waals surface area (Å²) in [5, 5.41) is 14.7. The number of carboxylic acids is 1. The quantitative estimate of drug-likeness (QED) is 0.674. The molecule has 114 valence electrons. The Morgan fingerprint density at radius 2 is 2.10 bits per heavy atom. The van der Waals surface area contributed by atoms with E-state index in [1.54, 1.807) is 0 Å². The highest BCUT2D eigenvalue weighted by molar-refractivity contribution is 5.94. The zero-order chi connectivity index (χ0) is 15.1. The average molecular weight is 290 g/mol. The number of amides is 1. The maximum atomic E-state index is 12.0. The molecular formula is C16H22N2O3. The van der Waals surface area contributed by atoms with Gasteiger partial charge in [-0.15, -0.1) is 0 Å². The smallest absolute Gasteiger partial charge is 0.303 e. The summed E-state index contributed by atoms with van der Waals surface area (Å²) in [6.45, 7) is 1.59. The zero-order valence-electron chi connectivity index (χ0n) is 12.2. The predicted molar refractivity (Wildman–Crippen MR) is 81.7 cm³/mol. The van der Waals surface area contributed by atoms with Gasteiger partial charge in [0.05, 0.1) is 0 Å². The number of hydrogen-bond donors (Lipinski definition) is 3. The fourth-order valence-electron chi connectivity index (χ4n) is 2.50. The van der Waals surface area contributed by atoms with E-state index in [4.69, 9.17) is 5.11 Å². The van der Waals surface area contributed by atoms with Crippen LogP contribution in [0.5, 0.6) is 0 Å². The van der Waals surface area contributed by atoms with E-state index in [2.05, 4.69) is 10.6 Å². The molecule has 0 saturated heterocycles. The van der Waals surface area contributed by atoms with Gasteiger partial charge in [-0.05, 0) is 49.4 Å². The highest BCUT2D eigenvalue weighted by Crippen LogP contribution is 2.22. The SMILES string of the molecule is O=C(O)CCCCCNC(=O)c1ccc2c(c1)CCCN2. The van der Waals surface area contributed by atoms with E-state index in [1.807, 2.05) is 18.2 Å². The van der Waals surface area contributed by atoms with Crippen LogP contribution in [-0.2, 0) is 11.2 Å². The number of carbonyl (C=O) groups excluding carboxylic acids is 1. The number of aliphatic carboxylic acids is 1. The molecule has 1 heterocycles. The summed E-state index contributed by atoms with van der Waals surface area (Å²) in [6.07, 6.45) is 4.61. The van der Waals surface area contributed by atoms with Crippen molar-refractivity contribution in [3.05, 3.63) is 29.3 Å². The fourth-order valence-corrected chi connectivity index (χ4v) is 2.50. The topological polar surface area (TPSA) is 78.4 Å². The van der Waals surface area contributed by atoms with Gasteiger partial charge in [-0.1, -0.05) is 6.42 Å².